The van der Waals surface area contributed by atoms with Crippen LogP contribution in [0.4, 0.5) is 0 Å². The monoisotopic (exact) mass is 231 g/mol. The number of pyridine rings is 1. The zero-order valence-corrected chi connectivity index (χ0v) is 10.1. The summed E-state index contributed by atoms with van der Waals surface area (Å²) in [4.78, 5) is 4.13. The fourth-order valence-corrected chi connectivity index (χ4v) is 1.84. The molecule has 0 radical (unpaired) electrons. The predicted molar refractivity (Wildman–Crippen MR) is 66.2 cm³/mol. The molecule has 0 amide bonds. The normalized spacial score (nSPS) is 12.6. The Labute approximate surface area is 101 Å². The number of aromatic nitrogens is 1. The maximum atomic E-state index is 5.72. The van der Waals surface area contributed by atoms with E-state index in [1.54, 1.807) is 6.20 Å². The Morgan fingerprint density at radius 1 is 1.41 bits per heavy atom. The summed E-state index contributed by atoms with van der Waals surface area (Å²) in [6.45, 7) is 4.09. The summed E-state index contributed by atoms with van der Waals surface area (Å²) in [6.07, 6.45) is 4.46. The van der Waals surface area contributed by atoms with Gasteiger partial charge in [0, 0.05) is 18.8 Å². The van der Waals surface area contributed by atoms with Gasteiger partial charge in [-0.3, -0.25) is 10.8 Å². The van der Waals surface area contributed by atoms with Gasteiger partial charge in [-0.1, -0.05) is 6.92 Å². The molecule has 0 aliphatic carbocycles. The average molecular weight is 231 g/mol. The van der Waals surface area contributed by atoms with E-state index in [4.69, 9.17) is 10.3 Å². The molecule has 0 aliphatic heterocycles. The smallest absolute Gasteiger partial charge is 0.126 e. The summed E-state index contributed by atoms with van der Waals surface area (Å²) >= 11 is 0. The van der Waals surface area contributed by atoms with Crippen LogP contribution in [0.15, 0.2) is 35.0 Å². The Kier molecular flexibility index (Phi) is 3.56. The highest BCUT2D eigenvalue weighted by molar-refractivity contribution is 5.31. The van der Waals surface area contributed by atoms with Crippen molar-refractivity contribution in [3.05, 3.63) is 53.2 Å². The highest BCUT2D eigenvalue weighted by Crippen LogP contribution is 2.25. The lowest BCUT2D eigenvalue weighted by Gasteiger charge is -2.15. The van der Waals surface area contributed by atoms with Gasteiger partial charge in [0.15, 0.2) is 0 Å². The van der Waals surface area contributed by atoms with Crippen molar-refractivity contribution in [1.82, 2.24) is 10.4 Å². The topological polar surface area (TPSA) is 64.1 Å². The van der Waals surface area contributed by atoms with E-state index >= 15 is 0 Å². The van der Waals surface area contributed by atoms with Crippen molar-refractivity contribution in [2.45, 2.75) is 26.3 Å². The van der Waals surface area contributed by atoms with E-state index in [1.165, 1.54) is 0 Å². The summed E-state index contributed by atoms with van der Waals surface area (Å²) in [5.74, 6) is 7.40. The molecule has 2 heterocycles. The Morgan fingerprint density at radius 3 is 2.82 bits per heavy atom. The second kappa shape index (κ2) is 5.12. The van der Waals surface area contributed by atoms with E-state index in [2.05, 4.69) is 17.3 Å². The standard InChI is InChI=1S/C13H17N3O/c1-3-10-4-5-12(17-10)13(16-14)11-8-15-7-6-9(11)2/h4-8,13,16H,3,14H2,1-2H3. The molecule has 2 aromatic heterocycles. The van der Waals surface area contributed by atoms with Crippen molar-refractivity contribution in [2.75, 3.05) is 0 Å². The number of furan rings is 1. The predicted octanol–water partition coefficient (Wildman–Crippen LogP) is 2.10. The van der Waals surface area contributed by atoms with Gasteiger partial charge < -0.3 is 4.42 Å². The van der Waals surface area contributed by atoms with Crippen LogP contribution in [0.2, 0.25) is 0 Å². The van der Waals surface area contributed by atoms with Crippen LogP contribution in [0, 0.1) is 6.92 Å². The van der Waals surface area contributed by atoms with Crippen molar-refractivity contribution in [3.63, 3.8) is 0 Å². The van der Waals surface area contributed by atoms with Crippen LogP contribution >= 0.6 is 0 Å². The third-order valence-electron chi connectivity index (χ3n) is 2.87. The van der Waals surface area contributed by atoms with Crippen molar-refractivity contribution in [2.24, 2.45) is 5.84 Å². The molecule has 0 aliphatic rings. The minimum absolute atomic E-state index is 0.149. The van der Waals surface area contributed by atoms with Crippen LogP contribution in [0.1, 0.15) is 35.6 Å². The van der Waals surface area contributed by atoms with E-state index in [1.807, 2.05) is 31.3 Å². The molecular formula is C13H17N3O. The molecule has 3 N–H and O–H groups in total. The summed E-state index contributed by atoms with van der Waals surface area (Å²) in [5.41, 5.74) is 4.95. The first-order valence-electron chi connectivity index (χ1n) is 5.71. The maximum absolute atomic E-state index is 5.72. The van der Waals surface area contributed by atoms with E-state index in [9.17, 15) is 0 Å². The number of hydrogen-bond donors (Lipinski definition) is 2. The molecule has 90 valence electrons. The minimum atomic E-state index is -0.149. The first-order chi connectivity index (χ1) is 8.26. The van der Waals surface area contributed by atoms with Gasteiger partial charge in [0.05, 0.1) is 0 Å². The summed E-state index contributed by atoms with van der Waals surface area (Å²) in [5, 5.41) is 0. The number of nitrogens with two attached hydrogens (primary N) is 1. The molecule has 4 heteroatoms. The molecular weight excluding hydrogens is 214 g/mol. The lowest BCUT2D eigenvalue weighted by Crippen LogP contribution is -2.29. The molecule has 0 aromatic carbocycles. The molecule has 0 spiro atoms. The number of hydrogen-bond acceptors (Lipinski definition) is 4. The van der Waals surface area contributed by atoms with E-state index in [0.29, 0.717) is 0 Å². The van der Waals surface area contributed by atoms with Crippen LogP contribution in [-0.2, 0) is 6.42 Å². The van der Waals surface area contributed by atoms with Gasteiger partial charge in [-0.15, -0.1) is 0 Å². The van der Waals surface area contributed by atoms with Crippen LogP contribution in [0.25, 0.3) is 0 Å². The molecule has 2 aromatic rings. The molecule has 17 heavy (non-hydrogen) atoms. The first kappa shape index (κ1) is 11.8. The first-order valence-corrected chi connectivity index (χ1v) is 5.71. The Morgan fingerprint density at radius 2 is 2.24 bits per heavy atom. The largest absolute Gasteiger partial charge is 0.464 e. The van der Waals surface area contributed by atoms with Crippen molar-refractivity contribution < 1.29 is 4.42 Å². The van der Waals surface area contributed by atoms with Gasteiger partial charge in [-0.2, -0.15) is 0 Å². The van der Waals surface area contributed by atoms with Gasteiger partial charge in [-0.25, -0.2) is 5.43 Å². The van der Waals surface area contributed by atoms with E-state index in [0.717, 1.165) is 29.1 Å². The lowest BCUT2D eigenvalue weighted by molar-refractivity contribution is 0.424. The number of hydrazine groups is 1. The second-order valence-corrected chi connectivity index (χ2v) is 3.99. The third-order valence-corrected chi connectivity index (χ3v) is 2.87. The third kappa shape index (κ3) is 2.38. The molecule has 0 fully saturated rings. The van der Waals surface area contributed by atoms with Gasteiger partial charge in [0.25, 0.3) is 0 Å². The summed E-state index contributed by atoms with van der Waals surface area (Å²) < 4.78 is 5.72. The quantitative estimate of drug-likeness (QED) is 0.624. The van der Waals surface area contributed by atoms with Gasteiger partial charge >= 0.3 is 0 Å². The zero-order valence-electron chi connectivity index (χ0n) is 10.1. The summed E-state index contributed by atoms with van der Waals surface area (Å²) in [6, 6.07) is 5.74. The molecule has 0 saturated carbocycles. The Bertz CT molecular complexity index is 493. The number of rotatable bonds is 4. The molecule has 2 rings (SSSR count). The SMILES string of the molecule is CCc1ccc(C(NN)c2cnccc2C)o1. The number of nitrogens with zero attached hydrogens (tertiary/aromatic N) is 1. The number of aryl methyl sites for hydroxylation is 2. The van der Waals surface area contributed by atoms with Crippen LogP contribution in [0.3, 0.4) is 0 Å². The second-order valence-electron chi connectivity index (χ2n) is 3.99. The van der Waals surface area contributed by atoms with Crippen LogP contribution in [0.5, 0.6) is 0 Å². The van der Waals surface area contributed by atoms with Crippen LogP contribution in [-0.4, -0.2) is 4.98 Å². The minimum Gasteiger partial charge on any atom is -0.464 e. The molecule has 0 bridgehead atoms. The Balaban J connectivity index is 2.36. The van der Waals surface area contributed by atoms with E-state index < -0.39 is 0 Å². The van der Waals surface area contributed by atoms with Gasteiger partial charge in [-0.05, 0) is 36.2 Å². The molecule has 1 unspecified atom stereocenters. The Hall–Kier alpha value is -1.65. The lowest BCUT2D eigenvalue weighted by atomic mass is 10.0. The highest BCUT2D eigenvalue weighted by atomic mass is 16.3. The number of nitrogens with one attached hydrogen (secondary N) is 1. The fraction of sp³-hybridized carbons (Fsp3) is 0.308. The highest BCUT2D eigenvalue weighted by Gasteiger charge is 2.18. The fourth-order valence-electron chi connectivity index (χ4n) is 1.84. The van der Waals surface area contributed by atoms with Gasteiger partial charge in [0.1, 0.15) is 17.6 Å². The average Bonchev–Trinajstić information content (AvgIpc) is 2.81. The summed E-state index contributed by atoms with van der Waals surface area (Å²) in [7, 11) is 0. The van der Waals surface area contributed by atoms with E-state index in [-0.39, 0.29) is 6.04 Å². The van der Waals surface area contributed by atoms with Crippen molar-refractivity contribution in [3.8, 4) is 0 Å². The van der Waals surface area contributed by atoms with Crippen molar-refractivity contribution in [1.29, 1.82) is 0 Å². The van der Waals surface area contributed by atoms with Crippen molar-refractivity contribution >= 4 is 0 Å². The molecule has 0 saturated heterocycles. The molecule has 4 nitrogen and oxygen atoms in total. The molecule has 1 atom stereocenters. The zero-order chi connectivity index (χ0) is 12.3. The van der Waals surface area contributed by atoms with Crippen LogP contribution < -0.4 is 11.3 Å². The maximum Gasteiger partial charge on any atom is 0.126 e. The van der Waals surface area contributed by atoms with Gasteiger partial charge in [0.2, 0.25) is 0 Å².